The lowest BCUT2D eigenvalue weighted by molar-refractivity contribution is 0.0000825. The molecule has 1 heterocycles. The van der Waals surface area contributed by atoms with Crippen LogP contribution in [0, 0.1) is 5.82 Å². The Kier molecular flexibility index (Phi) is 6.09. The third-order valence-electron chi connectivity index (χ3n) is 5.79. The van der Waals surface area contributed by atoms with Gasteiger partial charge in [-0.15, -0.1) is 0 Å². The van der Waals surface area contributed by atoms with Crippen LogP contribution in [0.1, 0.15) is 56.3 Å². The maximum absolute atomic E-state index is 13.5. The van der Waals surface area contributed by atoms with Crippen molar-refractivity contribution in [2.75, 3.05) is 6.54 Å². The Hall–Kier alpha value is -3.09. The number of benzene rings is 2. The zero-order chi connectivity index (χ0) is 22.9. The van der Waals surface area contributed by atoms with Crippen LogP contribution in [0.4, 0.5) is 14.0 Å². The first-order valence-electron chi connectivity index (χ1n) is 11.0. The summed E-state index contributed by atoms with van der Waals surface area (Å²) < 4.78 is 24.5. The van der Waals surface area contributed by atoms with Gasteiger partial charge in [0.15, 0.2) is 0 Å². The van der Waals surface area contributed by atoms with Crippen LogP contribution < -0.4 is 5.32 Å². The van der Waals surface area contributed by atoms with E-state index >= 15 is 0 Å². The van der Waals surface area contributed by atoms with Gasteiger partial charge in [-0.1, -0.05) is 36.4 Å². The highest BCUT2D eigenvalue weighted by Crippen LogP contribution is 2.36. The molecule has 1 N–H and O–H groups in total. The fraction of sp³-hybridized carbons (Fsp3) is 0.440. The smallest absolute Gasteiger partial charge is 0.410 e. The van der Waals surface area contributed by atoms with Crippen LogP contribution in [0.25, 0.3) is 0 Å². The minimum absolute atomic E-state index is 0.0716. The number of hydrogen-bond acceptors (Lipinski definition) is 4. The highest BCUT2D eigenvalue weighted by molar-refractivity contribution is 5.71. The molecular weight excluding hydrogens is 411 g/mol. The number of nitrogens with zero attached hydrogens (tertiary/aromatic N) is 1. The summed E-state index contributed by atoms with van der Waals surface area (Å²) in [6, 6.07) is 13.9. The second kappa shape index (κ2) is 8.81. The Morgan fingerprint density at radius 2 is 1.75 bits per heavy atom. The molecule has 2 aliphatic rings. The van der Waals surface area contributed by atoms with Crippen LogP contribution in [0.2, 0.25) is 0 Å². The zero-order valence-corrected chi connectivity index (χ0v) is 18.6. The van der Waals surface area contributed by atoms with Crippen molar-refractivity contribution in [3.8, 4) is 0 Å². The van der Waals surface area contributed by atoms with Crippen LogP contribution in [-0.2, 0) is 15.9 Å². The third kappa shape index (κ3) is 5.03. The predicted molar refractivity (Wildman–Crippen MR) is 118 cm³/mol. The van der Waals surface area contributed by atoms with E-state index in [-0.39, 0.29) is 24.0 Å². The molecular formula is C25H29FN2O4. The molecule has 0 saturated heterocycles. The number of nitrogens with one attached hydrogen (secondary N) is 1. The number of alkyl carbamates (subject to hydrolysis) is 1. The molecule has 0 bridgehead atoms. The molecule has 0 spiro atoms. The number of hydrogen-bond donors (Lipinski definition) is 1. The summed E-state index contributed by atoms with van der Waals surface area (Å²) in [6.07, 6.45) is 0.725. The summed E-state index contributed by atoms with van der Waals surface area (Å²) in [5.74, 6) is -0.315. The Bertz CT molecular complexity index is 980. The van der Waals surface area contributed by atoms with Crippen molar-refractivity contribution in [3.05, 3.63) is 71.0 Å². The van der Waals surface area contributed by atoms with Gasteiger partial charge in [0, 0.05) is 25.4 Å². The minimum Gasteiger partial charge on any atom is -0.446 e. The first kappa shape index (κ1) is 22.1. The largest absolute Gasteiger partial charge is 0.446 e. The first-order chi connectivity index (χ1) is 15.2. The summed E-state index contributed by atoms with van der Waals surface area (Å²) in [5.41, 5.74) is 2.49. The van der Waals surface area contributed by atoms with Gasteiger partial charge in [0.1, 0.15) is 17.5 Å². The lowest BCUT2D eigenvalue weighted by Crippen LogP contribution is -2.51. The van der Waals surface area contributed by atoms with Gasteiger partial charge in [0.25, 0.3) is 0 Å². The lowest BCUT2D eigenvalue weighted by Gasteiger charge is -2.40. The number of carbonyl (C=O) groups excluding carboxylic acids is 2. The van der Waals surface area contributed by atoms with Crippen molar-refractivity contribution in [2.45, 2.75) is 63.8 Å². The lowest BCUT2D eigenvalue weighted by atomic mass is 9.88. The second-order valence-electron chi connectivity index (χ2n) is 9.42. The molecule has 0 unspecified atom stereocenters. The molecule has 2 aromatic rings. The van der Waals surface area contributed by atoms with E-state index in [4.69, 9.17) is 9.47 Å². The predicted octanol–water partition coefficient (Wildman–Crippen LogP) is 4.97. The van der Waals surface area contributed by atoms with Crippen molar-refractivity contribution in [1.29, 1.82) is 0 Å². The van der Waals surface area contributed by atoms with Crippen molar-refractivity contribution < 1.29 is 23.5 Å². The Morgan fingerprint density at radius 3 is 2.44 bits per heavy atom. The standard InChI is InChI=1S/C25H29FN2O4/c1-25(2,3)32-23(29)27-19-14-20(15-19)31-24(30)28-13-12-16-6-4-5-7-21(16)22(28)17-8-10-18(26)11-9-17/h4-11,19-20,22H,12-15H2,1-3H3,(H,27,29)/t19-,20+,22-/m0/s1. The third-order valence-corrected chi connectivity index (χ3v) is 5.79. The molecule has 0 aromatic heterocycles. The van der Waals surface area contributed by atoms with E-state index in [1.807, 2.05) is 39.0 Å². The van der Waals surface area contributed by atoms with E-state index in [0.717, 1.165) is 17.5 Å². The molecule has 1 aliphatic carbocycles. The van der Waals surface area contributed by atoms with Crippen LogP contribution in [-0.4, -0.2) is 41.4 Å². The van der Waals surface area contributed by atoms with Gasteiger partial charge >= 0.3 is 12.2 Å². The van der Waals surface area contributed by atoms with Crippen LogP contribution in [0.15, 0.2) is 48.5 Å². The average molecular weight is 441 g/mol. The molecule has 6 nitrogen and oxygen atoms in total. The molecule has 1 aliphatic heterocycles. The van der Waals surface area contributed by atoms with E-state index in [1.165, 1.54) is 17.7 Å². The number of amides is 2. The van der Waals surface area contributed by atoms with Crippen LogP contribution >= 0.6 is 0 Å². The highest BCUT2D eigenvalue weighted by atomic mass is 19.1. The highest BCUT2D eigenvalue weighted by Gasteiger charge is 2.38. The summed E-state index contributed by atoms with van der Waals surface area (Å²) in [5, 5.41) is 2.81. The van der Waals surface area contributed by atoms with E-state index in [9.17, 15) is 14.0 Å². The molecule has 1 fully saturated rings. The minimum atomic E-state index is -0.556. The van der Waals surface area contributed by atoms with E-state index in [2.05, 4.69) is 11.4 Å². The topological polar surface area (TPSA) is 67.9 Å². The Morgan fingerprint density at radius 1 is 1.06 bits per heavy atom. The fourth-order valence-corrected chi connectivity index (χ4v) is 4.23. The molecule has 7 heteroatoms. The van der Waals surface area contributed by atoms with Crippen LogP contribution in [0.3, 0.4) is 0 Å². The molecule has 0 radical (unpaired) electrons. The van der Waals surface area contributed by atoms with Crippen molar-refractivity contribution >= 4 is 12.2 Å². The van der Waals surface area contributed by atoms with Gasteiger partial charge in [-0.2, -0.15) is 0 Å². The zero-order valence-electron chi connectivity index (χ0n) is 18.6. The maximum atomic E-state index is 13.5. The molecule has 1 atom stereocenters. The normalized spacial score (nSPS) is 22.4. The summed E-state index contributed by atoms with van der Waals surface area (Å²) in [7, 11) is 0. The number of rotatable bonds is 3. The molecule has 4 rings (SSSR count). The molecule has 32 heavy (non-hydrogen) atoms. The Balaban J connectivity index is 1.41. The molecule has 1 saturated carbocycles. The molecule has 2 aromatic carbocycles. The van der Waals surface area contributed by atoms with Gasteiger partial charge in [0.05, 0.1) is 6.04 Å². The number of halogens is 1. The number of ether oxygens (including phenoxy) is 2. The fourth-order valence-electron chi connectivity index (χ4n) is 4.23. The number of fused-ring (bicyclic) bond motifs is 1. The van der Waals surface area contributed by atoms with Gasteiger partial charge in [-0.3, -0.25) is 4.90 Å². The van der Waals surface area contributed by atoms with Crippen molar-refractivity contribution in [1.82, 2.24) is 10.2 Å². The van der Waals surface area contributed by atoms with E-state index in [0.29, 0.717) is 19.4 Å². The SMILES string of the molecule is CC(C)(C)OC(=O)N[C@H]1C[C@@H](OC(=O)N2CCc3ccccc3[C@@H]2c2ccc(F)cc2)C1. The van der Waals surface area contributed by atoms with Gasteiger partial charge in [0.2, 0.25) is 0 Å². The number of carbonyl (C=O) groups is 2. The summed E-state index contributed by atoms with van der Waals surface area (Å²) in [4.78, 5) is 26.7. The average Bonchev–Trinajstić information content (AvgIpc) is 2.70. The van der Waals surface area contributed by atoms with E-state index in [1.54, 1.807) is 17.0 Å². The van der Waals surface area contributed by atoms with Crippen LogP contribution in [0.5, 0.6) is 0 Å². The Labute approximate surface area is 187 Å². The summed E-state index contributed by atoms with van der Waals surface area (Å²) >= 11 is 0. The summed E-state index contributed by atoms with van der Waals surface area (Å²) in [6.45, 7) is 5.95. The first-order valence-corrected chi connectivity index (χ1v) is 11.0. The molecule has 170 valence electrons. The quantitative estimate of drug-likeness (QED) is 0.732. The van der Waals surface area contributed by atoms with Crippen molar-refractivity contribution in [3.63, 3.8) is 0 Å². The van der Waals surface area contributed by atoms with Gasteiger partial charge in [-0.05, 0) is 56.0 Å². The second-order valence-corrected chi connectivity index (χ2v) is 9.42. The van der Waals surface area contributed by atoms with Crippen molar-refractivity contribution in [2.24, 2.45) is 0 Å². The van der Waals surface area contributed by atoms with Gasteiger partial charge < -0.3 is 14.8 Å². The molecule has 2 amide bonds. The maximum Gasteiger partial charge on any atom is 0.410 e. The monoisotopic (exact) mass is 440 g/mol. The van der Waals surface area contributed by atoms with Gasteiger partial charge in [-0.25, -0.2) is 14.0 Å². The van der Waals surface area contributed by atoms with E-state index < -0.39 is 17.8 Å².